The van der Waals surface area contributed by atoms with Gasteiger partial charge in [-0.2, -0.15) is 0 Å². The SMILES string of the molecule is CC(Nc1ccccc1)c1ccccc1.[H+]. The Kier molecular flexibility index (Phi) is 3.03. The molecule has 1 unspecified atom stereocenters. The van der Waals surface area contributed by atoms with Crippen LogP contribution in [0.2, 0.25) is 0 Å². The van der Waals surface area contributed by atoms with Gasteiger partial charge in [-0.3, -0.25) is 0 Å². The van der Waals surface area contributed by atoms with Crippen molar-refractivity contribution in [2.75, 3.05) is 5.32 Å². The van der Waals surface area contributed by atoms with Gasteiger partial charge in [-0.05, 0) is 24.6 Å². The summed E-state index contributed by atoms with van der Waals surface area (Å²) in [5.41, 5.74) is 2.47. The largest absolute Gasteiger partial charge is 1.00 e. The predicted octanol–water partition coefficient (Wildman–Crippen LogP) is 3.97. The van der Waals surface area contributed by atoms with Crippen molar-refractivity contribution in [1.29, 1.82) is 0 Å². The molecule has 1 atom stereocenters. The Hall–Kier alpha value is -1.76. The third-order valence-corrected chi connectivity index (χ3v) is 2.46. The fourth-order valence-corrected chi connectivity index (χ4v) is 1.61. The maximum atomic E-state index is 3.46. The van der Waals surface area contributed by atoms with Gasteiger partial charge in [-0.1, -0.05) is 48.5 Å². The van der Waals surface area contributed by atoms with Gasteiger partial charge in [-0.15, -0.1) is 0 Å². The van der Waals surface area contributed by atoms with Gasteiger partial charge in [0.05, 0.1) is 0 Å². The molecule has 2 aromatic rings. The molecule has 76 valence electrons. The van der Waals surface area contributed by atoms with Crippen LogP contribution in [0.3, 0.4) is 0 Å². The fourth-order valence-electron chi connectivity index (χ4n) is 1.61. The van der Waals surface area contributed by atoms with E-state index in [0.29, 0.717) is 6.04 Å². The summed E-state index contributed by atoms with van der Waals surface area (Å²) in [5, 5.41) is 3.46. The van der Waals surface area contributed by atoms with Gasteiger partial charge < -0.3 is 5.32 Å². The average Bonchev–Trinajstić information content (AvgIpc) is 2.31. The van der Waals surface area contributed by atoms with Crippen molar-refractivity contribution in [3.05, 3.63) is 66.2 Å². The van der Waals surface area contributed by atoms with Crippen LogP contribution in [0.25, 0.3) is 0 Å². The topological polar surface area (TPSA) is 12.0 Å². The monoisotopic (exact) mass is 198 g/mol. The molecule has 1 heteroatoms. The molecule has 0 saturated heterocycles. The van der Waals surface area contributed by atoms with Gasteiger partial charge >= 0.3 is 1.43 Å². The number of anilines is 1. The van der Waals surface area contributed by atoms with E-state index in [4.69, 9.17) is 0 Å². The Morgan fingerprint density at radius 2 is 1.40 bits per heavy atom. The zero-order chi connectivity index (χ0) is 10.5. The summed E-state index contributed by atoms with van der Waals surface area (Å²) >= 11 is 0. The molecule has 0 amide bonds. The summed E-state index contributed by atoms with van der Waals surface area (Å²) in [6.07, 6.45) is 0. The van der Waals surface area contributed by atoms with Crippen LogP contribution in [0.1, 0.15) is 20.0 Å². The van der Waals surface area contributed by atoms with Crippen molar-refractivity contribution < 1.29 is 1.43 Å². The van der Waals surface area contributed by atoms with Crippen LogP contribution in [0.15, 0.2) is 60.7 Å². The van der Waals surface area contributed by atoms with Gasteiger partial charge in [0.1, 0.15) is 0 Å². The van der Waals surface area contributed by atoms with Crippen LogP contribution in [0.5, 0.6) is 0 Å². The highest BCUT2D eigenvalue weighted by Crippen LogP contribution is 2.17. The number of para-hydroxylation sites is 1. The first-order valence-corrected chi connectivity index (χ1v) is 5.23. The minimum atomic E-state index is 0. The Morgan fingerprint density at radius 1 is 0.867 bits per heavy atom. The lowest BCUT2D eigenvalue weighted by atomic mass is 10.1. The quantitative estimate of drug-likeness (QED) is 0.786. The lowest BCUT2D eigenvalue weighted by molar-refractivity contribution is 0.885. The van der Waals surface area contributed by atoms with E-state index in [1.807, 2.05) is 24.3 Å². The number of hydrogen-bond donors (Lipinski definition) is 1. The molecule has 0 aromatic heterocycles. The second kappa shape index (κ2) is 4.65. The summed E-state index contributed by atoms with van der Waals surface area (Å²) in [6.45, 7) is 2.17. The standard InChI is InChI=1S/C14H15N/c1-12(13-8-4-2-5-9-13)15-14-10-6-3-7-11-14/h2-12,15H,1H3/p+1. The molecule has 0 saturated carbocycles. The van der Waals surface area contributed by atoms with Crippen LogP contribution < -0.4 is 5.32 Å². The number of nitrogens with one attached hydrogen (secondary N) is 1. The van der Waals surface area contributed by atoms with Gasteiger partial charge in [-0.25, -0.2) is 0 Å². The van der Waals surface area contributed by atoms with E-state index in [9.17, 15) is 0 Å². The lowest BCUT2D eigenvalue weighted by Gasteiger charge is -2.15. The molecule has 0 spiro atoms. The highest BCUT2D eigenvalue weighted by molar-refractivity contribution is 5.44. The van der Waals surface area contributed by atoms with E-state index in [1.54, 1.807) is 0 Å². The molecule has 2 aromatic carbocycles. The second-order valence-corrected chi connectivity index (χ2v) is 3.64. The first-order valence-electron chi connectivity index (χ1n) is 5.23. The fraction of sp³-hybridized carbons (Fsp3) is 0.143. The molecule has 0 radical (unpaired) electrons. The van der Waals surface area contributed by atoms with E-state index in [0.717, 1.165) is 5.69 Å². The van der Waals surface area contributed by atoms with Gasteiger partial charge in [0.25, 0.3) is 0 Å². The molecule has 0 aliphatic carbocycles. The van der Waals surface area contributed by atoms with Gasteiger partial charge in [0.15, 0.2) is 0 Å². The van der Waals surface area contributed by atoms with Gasteiger partial charge in [0, 0.05) is 11.7 Å². The maximum absolute atomic E-state index is 3.46. The molecule has 1 nitrogen and oxygen atoms in total. The third kappa shape index (κ3) is 2.59. The summed E-state index contributed by atoms with van der Waals surface area (Å²) in [4.78, 5) is 0. The van der Waals surface area contributed by atoms with Crippen molar-refractivity contribution in [2.45, 2.75) is 13.0 Å². The Balaban J connectivity index is 0.00000128. The highest BCUT2D eigenvalue weighted by atomic mass is 14.9. The summed E-state index contributed by atoms with van der Waals surface area (Å²) in [6, 6.07) is 21.1. The van der Waals surface area contributed by atoms with Crippen molar-refractivity contribution >= 4 is 5.69 Å². The number of hydrogen-bond acceptors (Lipinski definition) is 1. The van der Waals surface area contributed by atoms with E-state index in [2.05, 4.69) is 48.6 Å². The van der Waals surface area contributed by atoms with Crippen molar-refractivity contribution in [2.24, 2.45) is 0 Å². The molecule has 15 heavy (non-hydrogen) atoms. The number of benzene rings is 2. The van der Waals surface area contributed by atoms with E-state index >= 15 is 0 Å². The Bertz CT molecular complexity index is 400. The summed E-state index contributed by atoms with van der Waals surface area (Å²) < 4.78 is 0. The molecular formula is C14H16N+. The van der Waals surface area contributed by atoms with Crippen LogP contribution >= 0.6 is 0 Å². The molecule has 0 aliphatic heterocycles. The lowest BCUT2D eigenvalue weighted by Crippen LogP contribution is -2.05. The zero-order valence-electron chi connectivity index (χ0n) is 9.85. The molecule has 0 bridgehead atoms. The number of rotatable bonds is 3. The smallest absolute Gasteiger partial charge is 0.379 e. The molecule has 1 N–H and O–H groups in total. The minimum absolute atomic E-state index is 0. The van der Waals surface area contributed by atoms with Crippen LogP contribution in [-0.4, -0.2) is 0 Å². The average molecular weight is 198 g/mol. The Morgan fingerprint density at radius 3 is 2.00 bits per heavy atom. The van der Waals surface area contributed by atoms with Crippen molar-refractivity contribution in [1.82, 2.24) is 0 Å². The summed E-state index contributed by atoms with van der Waals surface area (Å²) in [7, 11) is 0. The molecule has 0 fully saturated rings. The maximum Gasteiger partial charge on any atom is 1.00 e. The first kappa shape index (κ1) is 9.78. The van der Waals surface area contributed by atoms with E-state index in [-0.39, 0.29) is 1.43 Å². The predicted molar refractivity (Wildman–Crippen MR) is 66.0 cm³/mol. The van der Waals surface area contributed by atoms with Crippen LogP contribution in [-0.2, 0) is 0 Å². The third-order valence-electron chi connectivity index (χ3n) is 2.46. The molecule has 2 rings (SSSR count). The summed E-state index contributed by atoms with van der Waals surface area (Å²) in [5.74, 6) is 0. The van der Waals surface area contributed by atoms with Gasteiger partial charge in [0.2, 0.25) is 0 Å². The zero-order valence-corrected chi connectivity index (χ0v) is 8.85. The van der Waals surface area contributed by atoms with E-state index < -0.39 is 0 Å². The van der Waals surface area contributed by atoms with Crippen molar-refractivity contribution in [3.63, 3.8) is 0 Å². The molecule has 0 aliphatic rings. The second-order valence-electron chi connectivity index (χ2n) is 3.64. The Labute approximate surface area is 92.3 Å². The van der Waals surface area contributed by atoms with Crippen LogP contribution in [0.4, 0.5) is 5.69 Å². The van der Waals surface area contributed by atoms with E-state index in [1.165, 1.54) is 5.56 Å². The van der Waals surface area contributed by atoms with Crippen LogP contribution in [0, 0.1) is 0 Å². The minimum Gasteiger partial charge on any atom is -0.379 e. The first-order chi connectivity index (χ1) is 7.36. The molecule has 0 heterocycles. The normalized spacial score (nSPS) is 12.1. The van der Waals surface area contributed by atoms with Crippen molar-refractivity contribution in [3.8, 4) is 0 Å². The highest BCUT2D eigenvalue weighted by Gasteiger charge is 2.02. The molecular weight excluding hydrogens is 182 g/mol.